The minimum Gasteiger partial charge on any atom is -0.450 e. The van der Waals surface area contributed by atoms with Gasteiger partial charge in [-0.2, -0.15) is 0 Å². The number of carbonyl (C=O) groups excluding carboxylic acids is 2. The lowest BCUT2D eigenvalue weighted by atomic mass is 10.1. The normalized spacial score (nSPS) is 10.2. The maximum atomic E-state index is 12.0. The average Bonchev–Trinajstić information content (AvgIpc) is 3.04. The van der Waals surface area contributed by atoms with Gasteiger partial charge >= 0.3 is 11.9 Å². The Bertz CT molecular complexity index is 767. The van der Waals surface area contributed by atoms with Crippen molar-refractivity contribution >= 4 is 17.8 Å². The van der Waals surface area contributed by atoms with Crippen molar-refractivity contribution in [3.05, 3.63) is 63.4 Å². The molecule has 24 heavy (non-hydrogen) atoms. The fourth-order valence-electron chi connectivity index (χ4n) is 1.98. The zero-order valence-electron chi connectivity index (χ0n) is 13.2. The zero-order chi connectivity index (χ0) is 17.7. The molecule has 1 heterocycles. The molecular formula is C16H16N2O6. The van der Waals surface area contributed by atoms with Crippen LogP contribution in [0.3, 0.4) is 0 Å². The summed E-state index contributed by atoms with van der Waals surface area (Å²) in [6.07, 6.45) is 0. The molecule has 0 saturated carbocycles. The lowest BCUT2D eigenvalue weighted by molar-refractivity contribution is -0.402. The molecular weight excluding hydrogens is 316 g/mol. The van der Waals surface area contributed by atoms with E-state index in [1.54, 1.807) is 7.05 Å². The first-order chi connectivity index (χ1) is 11.4. The first-order valence-corrected chi connectivity index (χ1v) is 7.08. The van der Waals surface area contributed by atoms with Crippen molar-refractivity contribution in [3.8, 4) is 0 Å². The second kappa shape index (κ2) is 7.40. The number of rotatable bonds is 6. The Kier molecular flexibility index (Phi) is 5.31. The van der Waals surface area contributed by atoms with Crippen LogP contribution in [0.1, 0.15) is 21.7 Å². The van der Waals surface area contributed by atoms with Crippen LogP contribution in [-0.4, -0.2) is 35.4 Å². The highest BCUT2D eigenvalue weighted by atomic mass is 16.7. The molecule has 0 aliphatic heterocycles. The third kappa shape index (κ3) is 4.19. The summed E-state index contributed by atoms with van der Waals surface area (Å²) in [6.45, 7) is 1.85. The van der Waals surface area contributed by atoms with Gasteiger partial charge in [0.15, 0.2) is 6.61 Å². The summed E-state index contributed by atoms with van der Waals surface area (Å²) in [5.41, 5.74) is 2.04. The number of aryl methyl sites for hydroxylation is 1. The van der Waals surface area contributed by atoms with Crippen LogP contribution in [0, 0.1) is 17.0 Å². The van der Waals surface area contributed by atoms with Gasteiger partial charge < -0.3 is 14.1 Å². The molecule has 1 aromatic carbocycles. The van der Waals surface area contributed by atoms with Crippen molar-refractivity contribution in [2.24, 2.45) is 0 Å². The second-order valence-corrected chi connectivity index (χ2v) is 5.15. The van der Waals surface area contributed by atoms with Crippen LogP contribution in [0.4, 0.5) is 5.88 Å². The number of hydrogen-bond acceptors (Lipinski definition) is 6. The van der Waals surface area contributed by atoms with Crippen LogP contribution in [0.15, 0.2) is 40.8 Å². The number of furan rings is 1. The van der Waals surface area contributed by atoms with Crippen molar-refractivity contribution in [1.82, 2.24) is 4.90 Å². The van der Waals surface area contributed by atoms with Crippen LogP contribution in [-0.2, 0) is 16.1 Å². The van der Waals surface area contributed by atoms with E-state index < -0.39 is 29.3 Å². The third-order valence-corrected chi connectivity index (χ3v) is 3.39. The van der Waals surface area contributed by atoms with Gasteiger partial charge in [0, 0.05) is 13.6 Å². The van der Waals surface area contributed by atoms with E-state index in [2.05, 4.69) is 0 Å². The van der Waals surface area contributed by atoms with E-state index in [4.69, 9.17) is 9.15 Å². The fraction of sp³-hybridized carbons (Fsp3) is 0.250. The molecule has 0 unspecified atom stereocenters. The Morgan fingerprint density at radius 1 is 1.25 bits per heavy atom. The predicted octanol–water partition coefficient (Wildman–Crippen LogP) is 2.31. The fourth-order valence-corrected chi connectivity index (χ4v) is 1.98. The van der Waals surface area contributed by atoms with Gasteiger partial charge in [0.25, 0.3) is 5.91 Å². The summed E-state index contributed by atoms with van der Waals surface area (Å²) in [5, 5.41) is 10.5. The van der Waals surface area contributed by atoms with E-state index in [0.717, 1.165) is 23.3 Å². The van der Waals surface area contributed by atoms with E-state index in [1.165, 1.54) is 4.90 Å². The molecule has 1 aromatic heterocycles. The molecule has 126 valence electrons. The topological polar surface area (TPSA) is 103 Å². The molecule has 0 saturated heterocycles. The van der Waals surface area contributed by atoms with Crippen LogP contribution >= 0.6 is 0 Å². The standard InChI is InChI=1S/C16H16N2O6/c1-11-5-3-4-6-12(11)9-17(2)14(19)10-23-16(20)13-7-8-15(24-13)18(21)22/h3-8H,9-10H2,1-2H3. The van der Waals surface area contributed by atoms with Crippen LogP contribution in [0.5, 0.6) is 0 Å². The van der Waals surface area contributed by atoms with E-state index in [9.17, 15) is 19.7 Å². The van der Waals surface area contributed by atoms with Crippen molar-refractivity contribution < 1.29 is 23.7 Å². The number of likely N-dealkylation sites (N-methyl/N-ethyl adjacent to an activating group) is 1. The van der Waals surface area contributed by atoms with Gasteiger partial charge in [-0.3, -0.25) is 14.9 Å². The van der Waals surface area contributed by atoms with Crippen LogP contribution in [0.2, 0.25) is 0 Å². The first kappa shape index (κ1) is 17.2. The summed E-state index contributed by atoms with van der Waals surface area (Å²) < 4.78 is 9.54. The molecule has 8 nitrogen and oxygen atoms in total. The van der Waals surface area contributed by atoms with Gasteiger partial charge in [-0.15, -0.1) is 0 Å². The largest absolute Gasteiger partial charge is 0.450 e. The number of carbonyl (C=O) groups is 2. The minimum absolute atomic E-state index is 0.323. The Labute approximate surface area is 137 Å². The second-order valence-electron chi connectivity index (χ2n) is 5.15. The molecule has 0 radical (unpaired) electrons. The minimum atomic E-state index is -0.930. The molecule has 0 bridgehead atoms. The first-order valence-electron chi connectivity index (χ1n) is 7.08. The van der Waals surface area contributed by atoms with Gasteiger partial charge in [0.1, 0.15) is 4.92 Å². The summed E-state index contributed by atoms with van der Waals surface area (Å²) in [6, 6.07) is 9.81. The molecule has 2 rings (SSSR count). The van der Waals surface area contributed by atoms with Crippen molar-refractivity contribution in [2.75, 3.05) is 13.7 Å². The van der Waals surface area contributed by atoms with Crippen LogP contribution in [0.25, 0.3) is 0 Å². The Morgan fingerprint density at radius 2 is 1.96 bits per heavy atom. The molecule has 0 aliphatic carbocycles. The monoisotopic (exact) mass is 332 g/mol. The van der Waals surface area contributed by atoms with Crippen molar-refractivity contribution in [1.29, 1.82) is 0 Å². The summed E-state index contributed by atoms with van der Waals surface area (Å²) in [7, 11) is 1.60. The SMILES string of the molecule is Cc1ccccc1CN(C)C(=O)COC(=O)c1ccc([N+](=O)[O-])o1. The number of amides is 1. The molecule has 0 aliphatic rings. The van der Waals surface area contributed by atoms with E-state index >= 15 is 0 Å². The number of ether oxygens (including phenoxy) is 1. The lowest BCUT2D eigenvalue weighted by Gasteiger charge is -2.18. The van der Waals surface area contributed by atoms with Gasteiger partial charge in [0.2, 0.25) is 5.76 Å². The quantitative estimate of drug-likeness (QED) is 0.457. The van der Waals surface area contributed by atoms with E-state index in [0.29, 0.717) is 6.54 Å². The maximum Gasteiger partial charge on any atom is 0.433 e. The van der Waals surface area contributed by atoms with Crippen molar-refractivity contribution in [2.45, 2.75) is 13.5 Å². The molecule has 8 heteroatoms. The van der Waals surface area contributed by atoms with Crippen LogP contribution < -0.4 is 0 Å². The lowest BCUT2D eigenvalue weighted by Crippen LogP contribution is -2.31. The van der Waals surface area contributed by atoms with E-state index in [1.807, 2.05) is 31.2 Å². The smallest absolute Gasteiger partial charge is 0.433 e. The van der Waals surface area contributed by atoms with Gasteiger partial charge in [-0.05, 0) is 24.1 Å². The Morgan fingerprint density at radius 3 is 2.58 bits per heavy atom. The average molecular weight is 332 g/mol. The molecule has 0 N–H and O–H groups in total. The Balaban J connectivity index is 1.88. The maximum absolute atomic E-state index is 12.0. The molecule has 0 spiro atoms. The highest BCUT2D eigenvalue weighted by Gasteiger charge is 2.20. The Hall–Kier alpha value is -3.16. The predicted molar refractivity (Wildman–Crippen MR) is 83.3 cm³/mol. The summed E-state index contributed by atoms with van der Waals surface area (Å²) in [4.78, 5) is 34.9. The van der Waals surface area contributed by atoms with Gasteiger partial charge in [-0.1, -0.05) is 24.3 Å². The number of benzene rings is 1. The number of nitro groups is 1. The third-order valence-electron chi connectivity index (χ3n) is 3.39. The highest BCUT2D eigenvalue weighted by molar-refractivity contribution is 5.89. The summed E-state index contributed by atoms with van der Waals surface area (Å²) >= 11 is 0. The molecule has 2 aromatic rings. The number of esters is 1. The molecule has 0 atom stereocenters. The highest BCUT2D eigenvalue weighted by Crippen LogP contribution is 2.16. The van der Waals surface area contributed by atoms with Gasteiger partial charge in [-0.25, -0.2) is 4.79 Å². The zero-order valence-corrected chi connectivity index (χ0v) is 13.2. The molecule has 0 fully saturated rings. The number of nitrogens with zero attached hydrogens (tertiary/aromatic N) is 2. The number of hydrogen-bond donors (Lipinski definition) is 0. The molecule has 1 amide bonds. The van der Waals surface area contributed by atoms with E-state index in [-0.39, 0.29) is 5.76 Å². The van der Waals surface area contributed by atoms with Crippen molar-refractivity contribution in [3.63, 3.8) is 0 Å². The van der Waals surface area contributed by atoms with Gasteiger partial charge in [0.05, 0.1) is 6.07 Å². The summed E-state index contributed by atoms with van der Waals surface area (Å²) in [5.74, 6) is -2.21.